The van der Waals surface area contributed by atoms with Gasteiger partial charge in [0.1, 0.15) is 0 Å². The number of nitrogens with zero attached hydrogens (tertiary/aromatic N) is 3. The van der Waals surface area contributed by atoms with E-state index >= 15 is 0 Å². The summed E-state index contributed by atoms with van der Waals surface area (Å²) in [6.45, 7) is 3.87. The van der Waals surface area contributed by atoms with Crippen molar-refractivity contribution in [3.63, 3.8) is 0 Å². The molecule has 140 valence electrons. The molecule has 1 aliphatic rings. The van der Waals surface area contributed by atoms with Gasteiger partial charge in [-0.1, -0.05) is 42.5 Å². The Morgan fingerprint density at radius 3 is 2.44 bits per heavy atom. The number of hydrogen-bond acceptors (Lipinski definition) is 3. The minimum Gasteiger partial charge on any atom is -0.363 e. The standard InChI is InChI=1S/C22H26N4O/c23-21(27)22-24-19-8-4-5-9-20(19)26(22)15-14-25-12-10-18(11-13-25)16-17-6-2-1-3-7-17/h1-9,18H,10-16H2,(H2,23,27). The molecule has 0 atom stereocenters. The lowest BCUT2D eigenvalue weighted by Gasteiger charge is -2.32. The summed E-state index contributed by atoms with van der Waals surface area (Å²) in [5, 5.41) is 0. The van der Waals surface area contributed by atoms with Crippen molar-refractivity contribution in [3.8, 4) is 0 Å². The Morgan fingerprint density at radius 1 is 1.00 bits per heavy atom. The van der Waals surface area contributed by atoms with Crippen molar-refractivity contribution in [2.24, 2.45) is 11.7 Å². The summed E-state index contributed by atoms with van der Waals surface area (Å²) < 4.78 is 1.97. The molecular formula is C22H26N4O. The van der Waals surface area contributed by atoms with Crippen LogP contribution in [0.15, 0.2) is 54.6 Å². The third kappa shape index (κ3) is 4.03. The molecule has 0 bridgehead atoms. The van der Waals surface area contributed by atoms with Gasteiger partial charge >= 0.3 is 0 Å². The number of amides is 1. The summed E-state index contributed by atoms with van der Waals surface area (Å²) in [5.41, 5.74) is 8.78. The predicted octanol–water partition coefficient (Wildman–Crippen LogP) is 3.09. The number of rotatable bonds is 6. The average molecular weight is 362 g/mol. The molecule has 3 aromatic rings. The van der Waals surface area contributed by atoms with E-state index in [1.807, 2.05) is 28.8 Å². The van der Waals surface area contributed by atoms with Gasteiger partial charge in [0.15, 0.2) is 5.82 Å². The highest BCUT2D eigenvalue weighted by Gasteiger charge is 2.21. The van der Waals surface area contributed by atoms with Crippen LogP contribution >= 0.6 is 0 Å². The number of carbonyl (C=O) groups excluding carboxylic acids is 1. The maximum Gasteiger partial charge on any atom is 0.284 e. The molecule has 1 aliphatic heterocycles. The summed E-state index contributed by atoms with van der Waals surface area (Å²) in [7, 11) is 0. The summed E-state index contributed by atoms with van der Waals surface area (Å²) in [4.78, 5) is 18.7. The summed E-state index contributed by atoms with van der Waals surface area (Å²) in [6, 6.07) is 18.6. The van der Waals surface area contributed by atoms with Crippen LogP contribution in [0.25, 0.3) is 11.0 Å². The first-order valence-electron chi connectivity index (χ1n) is 9.72. The van der Waals surface area contributed by atoms with E-state index in [2.05, 4.69) is 40.2 Å². The van der Waals surface area contributed by atoms with Gasteiger partial charge in [-0.05, 0) is 56.0 Å². The molecule has 0 aliphatic carbocycles. The van der Waals surface area contributed by atoms with Gasteiger partial charge in [-0.15, -0.1) is 0 Å². The van der Waals surface area contributed by atoms with Gasteiger partial charge in [-0.3, -0.25) is 4.79 Å². The van der Waals surface area contributed by atoms with Gasteiger partial charge in [0.25, 0.3) is 5.91 Å². The average Bonchev–Trinajstić information content (AvgIpc) is 3.07. The highest BCUT2D eigenvalue weighted by atomic mass is 16.1. The molecule has 5 heteroatoms. The molecule has 0 unspecified atom stereocenters. The Bertz CT molecular complexity index is 910. The molecule has 0 saturated carbocycles. The lowest BCUT2D eigenvalue weighted by molar-refractivity contribution is 0.0985. The first-order chi connectivity index (χ1) is 13.2. The second-order valence-corrected chi connectivity index (χ2v) is 7.41. The SMILES string of the molecule is NC(=O)c1nc2ccccc2n1CCN1CCC(Cc2ccccc2)CC1. The first-order valence-corrected chi connectivity index (χ1v) is 9.72. The summed E-state index contributed by atoms with van der Waals surface area (Å²) in [5.74, 6) is 0.654. The normalized spacial score (nSPS) is 16.0. The Kier molecular flexibility index (Phi) is 5.21. The van der Waals surface area contributed by atoms with Crippen molar-refractivity contribution in [1.82, 2.24) is 14.5 Å². The Morgan fingerprint density at radius 2 is 1.70 bits per heavy atom. The maximum absolute atomic E-state index is 11.8. The second kappa shape index (κ2) is 7.92. The fraction of sp³-hybridized carbons (Fsp3) is 0.364. The zero-order valence-electron chi connectivity index (χ0n) is 15.6. The van der Waals surface area contributed by atoms with Crippen molar-refractivity contribution in [2.45, 2.75) is 25.8 Å². The number of carbonyl (C=O) groups is 1. The number of benzene rings is 2. The van der Waals surface area contributed by atoms with Gasteiger partial charge in [0, 0.05) is 13.1 Å². The minimum absolute atomic E-state index is 0.357. The smallest absolute Gasteiger partial charge is 0.284 e. The van der Waals surface area contributed by atoms with Gasteiger partial charge in [0.2, 0.25) is 0 Å². The van der Waals surface area contributed by atoms with E-state index in [-0.39, 0.29) is 0 Å². The number of fused-ring (bicyclic) bond motifs is 1. The number of primary amides is 1. The van der Waals surface area contributed by atoms with Crippen LogP contribution in [-0.4, -0.2) is 40.0 Å². The molecule has 0 radical (unpaired) electrons. The quantitative estimate of drug-likeness (QED) is 0.733. The van der Waals surface area contributed by atoms with E-state index in [0.29, 0.717) is 5.82 Å². The molecule has 1 amide bonds. The molecule has 1 aromatic heterocycles. The summed E-state index contributed by atoms with van der Waals surface area (Å²) >= 11 is 0. The zero-order valence-corrected chi connectivity index (χ0v) is 15.6. The van der Waals surface area contributed by atoms with Crippen LogP contribution in [0.3, 0.4) is 0 Å². The summed E-state index contributed by atoms with van der Waals surface area (Å²) in [6.07, 6.45) is 3.62. The highest BCUT2D eigenvalue weighted by molar-refractivity contribution is 5.93. The first kappa shape index (κ1) is 17.7. The molecule has 27 heavy (non-hydrogen) atoms. The number of nitrogens with two attached hydrogens (primary N) is 1. The van der Waals surface area contributed by atoms with Gasteiger partial charge in [-0.25, -0.2) is 4.98 Å². The fourth-order valence-corrected chi connectivity index (χ4v) is 4.09. The molecule has 5 nitrogen and oxygen atoms in total. The van der Waals surface area contributed by atoms with Crippen LogP contribution < -0.4 is 5.73 Å². The van der Waals surface area contributed by atoms with Gasteiger partial charge in [0.05, 0.1) is 11.0 Å². The predicted molar refractivity (Wildman–Crippen MR) is 108 cm³/mol. The van der Waals surface area contributed by atoms with E-state index in [1.165, 1.54) is 24.8 Å². The van der Waals surface area contributed by atoms with Crippen LogP contribution in [0, 0.1) is 5.92 Å². The topological polar surface area (TPSA) is 64.2 Å². The highest BCUT2D eigenvalue weighted by Crippen LogP contribution is 2.22. The van der Waals surface area contributed by atoms with Crippen LogP contribution in [0.5, 0.6) is 0 Å². The third-order valence-corrected chi connectivity index (χ3v) is 5.59. The third-order valence-electron chi connectivity index (χ3n) is 5.59. The van der Waals surface area contributed by atoms with Crippen molar-refractivity contribution in [3.05, 3.63) is 66.0 Å². The number of aromatic nitrogens is 2. The Balaban J connectivity index is 1.36. The molecule has 2 heterocycles. The van der Waals surface area contributed by atoms with E-state index in [4.69, 9.17) is 5.73 Å². The molecule has 1 saturated heterocycles. The molecule has 4 rings (SSSR count). The maximum atomic E-state index is 11.8. The van der Waals surface area contributed by atoms with Crippen molar-refractivity contribution in [1.29, 1.82) is 0 Å². The van der Waals surface area contributed by atoms with Crippen LogP contribution in [-0.2, 0) is 13.0 Å². The molecule has 1 fully saturated rings. The van der Waals surface area contributed by atoms with Gasteiger partial charge < -0.3 is 15.2 Å². The van der Waals surface area contributed by atoms with Crippen LogP contribution in [0.4, 0.5) is 0 Å². The van der Waals surface area contributed by atoms with E-state index in [1.54, 1.807) is 0 Å². The minimum atomic E-state index is -0.465. The largest absolute Gasteiger partial charge is 0.363 e. The second-order valence-electron chi connectivity index (χ2n) is 7.41. The number of likely N-dealkylation sites (tertiary alicyclic amines) is 1. The van der Waals surface area contributed by atoms with E-state index in [9.17, 15) is 4.79 Å². The number of piperidine rings is 1. The monoisotopic (exact) mass is 362 g/mol. The van der Waals surface area contributed by atoms with Crippen molar-refractivity contribution in [2.75, 3.05) is 19.6 Å². The lowest BCUT2D eigenvalue weighted by Crippen LogP contribution is -2.36. The lowest BCUT2D eigenvalue weighted by atomic mass is 9.90. The number of para-hydroxylation sites is 2. The van der Waals surface area contributed by atoms with Gasteiger partial charge in [-0.2, -0.15) is 0 Å². The molecule has 2 aromatic carbocycles. The number of imidazole rings is 1. The van der Waals surface area contributed by atoms with Crippen molar-refractivity contribution >= 4 is 16.9 Å². The molecule has 0 spiro atoms. The number of hydrogen-bond donors (Lipinski definition) is 1. The van der Waals surface area contributed by atoms with E-state index < -0.39 is 5.91 Å². The van der Waals surface area contributed by atoms with E-state index in [0.717, 1.165) is 43.1 Å². The van der Waals surface area contributed by atoms with Crippen molar-refractivity contribution < 1.29 is 4.79 Å². The fourth-order valence-electron chi connectivity index (χ4n) is 4.09. The zero-order chi connectivity index (χ0) is 18.6. The molecule has 2 N–H and O–H groups in total. The van der Waals surface area contributed by atoms with Crippen LogP contribution in [0.1, 0.15) is 29.0 Å². The Hall–Kier alpha value is -2.66. The molecular weight excluding hydrogens is 336 g/mol. The van der Waals surface area contributed by atoms with Crippen LogP contribution in [0.2, 0.25) is 0 Å². The Labute approximate surface area is 159 Å².